The van der Waals surface area contributed by atoms with Crippen molar-refractivity contribution in [3.05, 3.63) is 23.8 Å². The number of ether oxygens (including phenoxy) is 1. The molecule has 62 valence electrons. The summed E-state index contributed by atoms with van der Waals surface area (Å²) in [6.45, 7) is 2.02. The molecule has 0 aliphatic heterocycles. The minimum absolute atomic E-state index is 0.550. The Hall–Kier alpha value is -1.51. The second-order valence-electron chi connectivity index (χ2n) is 2.69. The van der Waals surface area contributed by atoms with E-state index in [1.54, 1.807) is 7.11 Å². The number of aromatic nitrogens is 1. The molecule has 3 heteroatoms. The number of aryl methyl sites for hydroxylation is 1. The lowest BCUT2D eigenvalue weighted by Gasteiger charge is -1.92. The number of methoxy groups -OCH3 is 1. The molecule has 1 aromatic heterocycles. The van der Waals surface area contributed by atoms with E-state index >= 15 is 0 Å². The third-order valence-electron chi connectivity index (χ3n) is 1.79. The van der Waals surface area contributed by atoms with E-state index in [9.17, 15) is 0 Å². The van der Waals surface area contributed by atoms with E-state index in [0.29, 0.717) is 5.88 Å². The summed E-state index contributed by atoms with van der Waals surface area (Å²) in [6, 6.07) is 5.86. The lowest BCUT2D eigenvalue weighted by atomic mass is 10.2. The summed E-state index contributed by atoms with van der Waals surface area (Å²) in [4.78, 5) is 0. The van der Waals surface area contributed by atoms with Crippen molar-refractivity contribution in [2.45, 2.75) is 6.92 Å². The minimum Gasteiger partial charge on any atom is -0.478 e. The van der Waals surface area contributed by atoms with Gasteiger partial charge in [0.2, 0.25) is 0 Å². The fourth-order valence-corrected chi connectivity index (χ4v) is 1.18. The van der Waals surface area contributed by atoms with Gasteiger partial charge in [-0.1, -0.05) is 11.6 Å². The molecular weight excluding hydrogens is 154 g/mol. The van der Waals surface area contributed by atoms with Crippen LogP contribution < -0.4 is 4.74 Å². The zero-order valence-electron chi connectivity index (χ0n) is 7.00. The third kappa shape index (κ3) is 0.942. The Morgan fingerprint density at radius 1 is 1.42 bits per heavy atom. The molecule has 0 unspecified atom stereocenters. The topological polar surface area (TPSA) is 35.3 Å². The summed E-state index contributed by atoms with van der Waals surface area (Å²) in [5.41, 5.74) is 1.93. The van der Waals surface area contributed by atoms with Crippen LogP contribution in [-0.2, 0) is 0 Å². The number of benzene rings is 1. The van der Waals surface area contributed by atoms with Gasteiger partial charge in [0, 0.05) is 0 Å². The molecule has 0 atom stereocenters. The first-order chi connectivity index (χ1) is 5.81. The molecule has 0 amide bonds. The lowest BCUT2D eigenvalue weighted by molar-refractivity contribution is 0.350. The zero-order valence-corrected chi connectivity index (χ0v) is 7.00. The molecule has 0 saturated heterocycles. The number of fused-ring (bicyclic) bond motifs is 1. The summed E-state index contributed by atoms with van der Waals surface area (Å²) >= 11 is 0. The minimum atomic E-state index is 0.550. The van der Waals surface area contributed by atoms with Gasteiger partial charge in [0.25, 0.3) is 5.88 Å². The molecule has 0 aliphatic rings. The van der Waals surface area contributed by atoms with Crippen LogP contribution in [0.3, 0.4) is 0 Å². The summed E-state index contributed by atoms with van der Waals surface area (Å²) in [6.07, 6.45) is 0. The molecular formula is C9H9NO2. The second-order valence-corrected chi connectivity index (χ2v) is 2.69. The highest BCUT2D eigenvalue weighted by molar-refractivity contribution is 5.82. The lowest BCUT2D eigenvalue weighted by Crippen LogP contribution is -1.81. The first-order valence-corrected chi connectivity index (χ1v) is 3.71. The average Bonchev–Trinajstić information content (AvgIpc) is 2.46. The first kappa shape index (κ1) is 7.16. The van der Waals surface area contributed by atoms with Crippen LogP contribution in [0.1, 0.15) is 5.56 Å². The van der Waals surface area contributed by atoms with Crippen LogP contribution in [0, 0.1) is 6.92 Å². The van der Waals surface area contributed by atoms with Gasteiger partial charge in [0.15, 0.2) is 5.58 Å². The molecule has 2 aromatic rings. The molecule has 1 heterocycles. The maximum Gasteiger partial charge on any atom is 0.261 e. The Bertz CT molecular complexity index is 406. The summed E-state index contributed by atoms with van der Waals surface area (Å²) in [5.74, 6) is 0.550. The molecule has 12 heavy (non-hydrogen) atoms. The molecule has 0 fully saturated rings. The zero-order chi connectivity index (χ0) is 8.55. The van der Waals surface area contributed by atoms with Crippen LogP contribution in [-0.4, -0.2) is 12.3 Å². The van der Waals surface area contributed by atoms with Crippen molar-refractivity contribution in [1.29, 1.82) is 0 Å². The van der Waals surface area contributed by atoms with Crippen molar-refractivity contribution in [3.63, 3.8) is 0 Å². The highest BCUT2D eigenvalue weighted by Crippen LogP contribution is 2.24. The van der Waals surface area contributed by atoms with E-state index in [1.807, 2.05) is 25.1 Å². The van der Waals surface area contributed by atoms with E-state index in [4.69, 9.17) is 9.26 Å². The van der Waals surface area contributed by atoms with Gasteiger partial charge in [0.05, 0.1) is 12.5 Å². The second kappa shape index (κ2) is 2.52. The summed E-state index contributed by atoms with van der Waals surface area (Å²) in [7, 11) is 1.58. The highest BCUT2D eigenvalue weighted by Gasteiger charge is 2.06. The standard InChI is InChI=1S/C9H9NO2/c1-6-3-4-8-7(5-6)9(11-2)10-12-8/h3-5H,1-2H3. The van der Waals surface area contributed by atoms with Gasteiger partial charge >= 0.3 is 0 Å². The summed E-state index contributed by atoms with van der Waals surface area (Å²) < 4.78 is 10.0. The van der Waals surface area contributed by atoms with E-state index in [1.165, 1.54) is 5.56 Å². The first-order valence-electron chi connectivity index (χ1n) is 3.71. The molecule has 0 bridgehead atoms. The molecule has 0 spiro atoms. The van der Waals surface area contributed by atoms with Crippen molar-refractivity contribution < 1.29 is 9.26 Å². The highest BCUT2D eigenvalue weighted by atomic mass is 16.5. The smallest absolute Gasteiger partial charge is 0.261 e. The molecule has 0 saturated carbocycles. The quantitative estimate of drug-likeness (QED) is 0.646. The molecule has 3 nitrogen and oxygen atoms in total. The fourth-order valence-electron chi connectivity index (χ4n) is 1.18. The van der Waals surface area contributed by atoms with Crippen molar-refractivity contribution in [2.75, 3.05) is 7.11 Å². The molecule has 0 radical (unpaired) electrons. The Labute approximate surface area is 69.9 Å². The van der Waals surface area contributed by atoms with Crippen LogP contribution >= 0.6 is 0 Å². The largest absolute Gasteiger partial charge is 0.478 e. The Kier molecular flexibility index (Phi) is 1.50. The maximum atomic E-state index is 5.02. The van der Waals surface area contributed by atoms with E-state index < -0.39 is 0 Å². The van der Waals surface area contributed by atoms with Gasteiger partial charge in [-0.25, -0.2) is 0 Å². The third-order valence-corrected chi connectivity index (χ3v) is 1.79. The number of hydrogen-bond donors (Lipinski definition) is 0. The van der Waals surface area contributed by atoms with E-state index in [2.05, 4.69) is 5.16 Å². The Morgan fingerprint density at radius 3 is 3.00 bits per heavy atom. The predicted octanol–water partition coefficient (Wildman–Crippen LogP) is 2.14. The normalized spacial score (nSPS) is 10.5. The van der Waals surface area contributed by atoms with Gasteiger partial charge < -0.3 is 9.26 Å². The van der Waals surface area contributed by atoms with Gasteiger partial charge in [0.1, 0.15) is 0 Å². The molecule has 0 N–H and O–H groups in total. The molecule has 2 rings (SSSR count). The van der Waals surface area contributed by atoms with E-state index in [0.717, 1.165) is 11.0 Å². The summed E-state index contributed by atoms with van der Waals surface area (Å²) in [5, 5.41) is 4.69. The van der Waals surface area contributed by atoms with Gasteiger partial charge in [-0.2, -0.15) is 0 Å². The predicted molar refractivity (Wildman–Crippen MR) is 45.3 cm³/mol. The van der Waals surface area contributed by atoms with Crippen molar-refractivity contribution in [1.82, 2.24) is 5.16 Å². The Balaban J connectivity index is 2.75. The number of nitrogens with zero attached hydrogens (tertiary/aromatic N) is 1. The Morgan fingerprint density at radius 2 is 2.25 bits per heavy atom. The average molecular weight is 163 g/mol. The fraction of sp³-hybridized carbons (Fsp3) is 0.222. The number of rotatable bonds is 1. The monoisotopic (exact) mass is 163 g/mol. The van der Waals surface area contributed by atoms with Gasteiger partial charge in [-0.05, 0) is 24.2 Å². The van der Waals surface area contributed by atoms with Gasteiger partial charge in [-0.3, -0.25) is 0 Å². The van der Waals surface area contributed by atoms with Crippen molar-refractivity contribution in [2.24, 2.45) is 0 Å². The van der Waals surface area contributed by atoms with Crippen LogP contribution in [0.25, 0.3) is 11.0 Å². The maximum absolute atomic E-state index is 5.02. The molecule has 1 aromatic carbocycles. The van der Waals surface area contributed by atoms with Crippen LogP contribution in [0.15, 0.2) is 22.7 Å². The molecule has 0 aliphatic carbocycles. The van der Waals surface area contributed by atoms with Crippen molar-refractivity contribution in [3.8, 4) is 5.88 Å². The van der Waals surface area contributed by atoms with Crippen LogP contribution in [0.2, 0.25) is 0 Å². The van der Waals surface area contributed by atoms with Gasteiger partial charge in [-0.15, -0.1) is 0 Å². The SMILES string of the molecule is COc1noc2ccc(C)cc12. The van der Waals surface area contributed by atoms with E-state index in [-0.39, 0.29) is 0 Å². The van der Waals surface area contributed by atoms with Crippen LogP contribution in [0.4, 0.5) is 0 Å². The van der Waals surface area contributed by atoms with Crippen molar-refractivity contribution >= 4 is 11.0 Å². The number of hydrogen-bond acceptors (Lipinski definition) is 3. The van der Waals surface area contributed by atoms with Crippen LogP contribution in [0.5, 0.6) is 5.88 Å².